The van der Waals surface area contributed by atoms with Gasteiger partial charge in [-0.1, -0.05) is 0 Å². The highest BCUT2D eigenvalue weighted by Crippen LogP contribution is 2.31. The molecule has 1 aliphatic rings. The summed E-state index contributed by atoms with van der Waals surface area (Å²) in [5, 5.41) is 0. The van der Waals surface area contributed by atoms with Crippen molar-refractivity contribution in [1.82, 2.24) is 9.62 Å². The summed E-state index contributed by atoms with van der Waals surface area (Å²) in [5.41, 5.74) is 0.0678. The number of piperazine rings is 1. The van der Waals surface area contributed by atoms with Crippen LogP contribution in [-0.4, -0.2) is 58.6 Å². The largest absolute Gasteiger partial charge is 0.490 e. The van der Waals surface area contributed by atoms with Crippen molar-refractivity contribution < 1.29 is 31.1 Å². The summed E-state index contributed by atoms with van der Waals surface area (Å²) in [6.45, 7) is 5.09. The fraction of sp³-hybridized carbons (Fsp3) is 0.409. The minimum absolute atomic E-state index is 0.0483. The first-order valence-corrected chi connectivity index (χ1v) is 11.9. The Morgan fingerprint density at radius 2 is 1.64 bits per heavy atom. The zero-order chi connectivity index (χ0) is 24.4. The molecule has 7 nitrogen and oxygen atoms in total. The number of amides is 1. The Kier molecular flexibility index (Phi) is 7.23. The van der Waals surface area contributed by atoms with Gasteiger partial charge in [0.2, 0.25) is 10.0 Å². The SMILES string of the molecule is CNS(=O)(=O)c1ccc(OC(C)C)c(C(=O)N2CCN(c3ccc(C(F)(F)F)cc3)CC2)c1. The molecule has 0 aliphatic carbocycles. The third-order valence-electron chi connectivity index (χ3n) is 5.25. The van der Waals surface area contributed by atoms with Crippen LogP contribution in [0, 0.1) is 0 Å². The van der Waals surface area contributed by atoms with Crippen molar-refractivity contribution in [2.45, 2.75) is 31.0 Å². The van der Waals surface area contributed by atoms with Gasteiger partial charge in [-0.3, -0.25) is 4.79 Å². The normalized spacial score (nSPS) is 15.1. The third kappa shape index (κ3) is 5.77. The molecule has 1 saturated heterocycles. The summed E-state index contributed by atoms with van der Waals surface area (Å²) in [5.74, 6) is -0.0823. The van der Waals surface area contributed by atoms with Crippen molar-refractivity contribution >= 4 is 21.6 Å². The summed E-state index contributed by atoms with van der Waals surface area (Å²) in [6.07, 6.45) is -4.62. The van der Waals surface area contributed by atoms with Gasteiger partial charge in [0.25, 0.3) is 5.91 Å². The van der Waals surface area contributed by atoms with Crippen molar-refractivity contribution in [1.29, 1.82) is 0 Å². The van der Waals surface area contributed by atoms with Crippen molar-refractivity contribution in [3.8, 4) is 5.75 Å². The number of anilines is 1. The van der Waals surface area contributed by atoms with Gasteiger partial charge in [0.1, 0.15) is 5.75 Å². The fourth-order valence-electron chi connectivity index (χ4n) is 3.52. The molecule has 180 valence electrons. The zero-order valence-corrected chi connectivity index (χ0v) is 19.3. The highest BCUT2D eigenvalue weighted by molar-refractivity contribution is 7.89. The first kappa shape index (κ1) is 24.8. The van der Waals surface area contributed by atoms with Gasteiger partial charge in [0.15, 0.2) is 0 Å². The molecule has 1 fully saturated rings. The molecular formula is C22H26F3N3O4S. The van der Waals surface area contributed by atoms with E-state index < -0.39 is 21.8 Å². The minimum atomic E-state index is -4.39. The molecule has 2 aromatic carbocycles. The molecule has 0 atom stereocenters. The molecule has 11 heteroatoms. The molecule has 0 saturated carbocycles. The van der Waals surface area contributed by atoms with Crippen LogP contribution in [0.2, 0.25) is 0 Å². The Hall–Kier alpha value is -2.79. The van der Waals surface area contributed by atoms with Crippen molar-refractivity contribution in [2.75, 3.05) is 38.1 Å². The zero-order valence-electron chi connectivity index (χ0n) is 18.5. The first-order chi connectivity index (χ1) is 15.4. The summed E-state index contributed by atoms with van der Waals surface area (Å²) in [6, 6.07) is 9.06. The highest BCUT2D eigenvalue weighted by atomic mass is 32.2. The van der Waals surface area contributed by atoms with Crippen molar-refractivity contribution in [2.24, 2.45) is 0 Å². The van der Waals surface area contributed by atoms with E-state index in [1.165, 1.54) is 37.4 Å². The Bertz CT molecular complexity index is 1090. The number of hydrogen-bond donors (Lipinski definition) is 1. The molecule has 1 N–H and O–H groups in total. The number of sulfonamides is 1. The van der Waals surface area contributed by atoms with E-state index in [-0.39, 0.29) is 28.2 Å². The van der Waals surface area contributed by atoms with Gasteiger partial charge in [0, 0.05) is 31.9 Å². The lowest BCUT2D eigenvalue weighted by molar-refractivity contribution is -0.137. The van der Waals surface area contributed by atoms with Gasteiger partial charge < -0.3 is 14.5 Å². The number of benzene rings is 2. The van der Waals surface area contributed by atoms with Crippen LogP contribution < -0.4 is 14.4 Å². The minimum Gasteiger partial charge on any atom is -0.490 e. The fourth-order valence-corrected chi connectivity index (χ4v) is 4.27. The average Bonchev–Trinajstić information content (AvgIpc) is 2.78. The number of hydrogen-bond acceptors (Lipinski definition) is 5. The summed E-state index contributed by atoms with van der Waals surface area (Å²) >= 11 is 0. The van der Waals surface area contributed by atoms with Crippen LogP contribution in [0.1, 0.15) is 29.8 Å². The number of ether oxygens (including phenoxy) is 1. The number of halogens is 3. The van der Waals surface area contributed by atoms with Gasteiger partial charge in [0.05, 0.1) is 22.1 Å². The van der Waals surface area contributed by atoms with Gasteiger partial charge >= 0.3 is 6.18 Å². The molecular weight excluding hydrogens is 459 g/mol. The van der Waals surface area contributed by atoms with E-state index in [0.29, 0.717) is 31.9 Å². The van der Waals surface area contributed by atoms with E-state index in [4.69, 9.17) is 4.74 Å². The molecule has 0 aromatic heterocycles. The van der Waals surface area contributed by atoms with Crippen LogP contribution in [0.5, 0.6) is 5.75 Å². The number of carbonyl (C=O) groups is 1. The second-order valence-electron chi connectivity index (χ2n) is 7.86. The van der Waals surface area contributed by atoms with Crippen LogP contribution in [-0.2, 0) is 16.2 Å². The third-order valence-corrected chi connectivity index (χ3v) is 6.66. The monoisotopic (exact) mass is 485 g/mol. The first-order valence-electron chi connectivity index (χ1n) is 10.4. The maximum absolute atomic E-state index is 13.3. The van der Waals surface area contributed by atoms with Crippen LogP contribution in [0.4, 0.5) is 18.9 Å². The average molecular weight is 486 g/mol. The second kappa shape index (κ2) is 9.60. The predicted molar refractivity (Wildman–Crippen MR) is 118 cm³/mol. The Morgan fingerprint density at radius 1 is 1.03 bits per heavy atom. The van der Waals surface area contributed by atoms with Gasteiger partial charge in [-0.2, -0.15) is 13.2 Å². The van der Waals surface area contributed by atoms with Gasteiger partial charge in [-0.15, -0.1) is 0 Å². The van der Waals surface area contributed by atoms with Crippen LogP contribution >= 0.6 is 0 Å². The van der Waals surface area contributed by atoms with Gasteiger partial charge in [-0.05, 0) is 63.4 Å². The highest BCUT2D eigenvalue weighted by Gasteiger charge is 2.31. The van der Waals surface area contributed by atoms with Crippen molar-refractivity contribution in [3.05, 3.63) is 53.6 Å². The van der Waals surface area contributed by atoms with Crippen LogP contribution in [0.15, 0.2) is 47.4 Å². The smallest absolute Gasteiger partial charge is 0.416 e. The Morgan fingerprint density at radius 3 is 2.15 bits per heavy atom. The number of alkyl halides is 3. The second-order valence-corrected chi connectivity index (χ2v) is 9.74. The van der Waals surface area contributed by atoms with E-state index in [1.54, 1.807) is 18.7 Å². The van der Waals surface area contributed by atoms with E-state index in [9.17, 15) is 26.4 Å². The van der Waals surface area contributed by atoms with Crippen LogP contribution in [0.25, 0.3) is 0 Å². The molecule has 0 bridgehead atoms. The maximum atomic E-state index is 13.3. The summed E-state index contributed by atoms with van der Waals surface area (Å²) < 4.78 is 70.8. The molecule has 0 radical (unpaired) electrons. The predicted octanol–water partition coefficient (Wildman–Crippen LogP) is 3.36. The lowest BCUT2D eigenvalue weighted by Crippen LogP contribution is -2.49. The molecule has 1 heterocycles. The maximum Gasteiger partial charge on any atom is 0.416 e. The molecule has 2 aromatic rings. The topological polar surface area (TPSA) is 78.9 Å². The quantitative estimate of drug-likeness (QED) is 0.679. The molecule has 0 unspecified atom stereocenters. The lowest BCUT2D eigenvalue weighted by Gasteiger charge is -2.36. The number of nitrogens with one attached hydrogen (secondary N) is 1. The van der Waals surface area contributed by atoms with E-state index in [2.05, 4.69) is 4.72 Å². The molecule has 1 amide bonds. The molecule has 3 rings (SSSR count). The standard InChI is InChI=1S/C22H26F3N3O4S/c1-15(2)32-20-9-8-18(33(30,31)26-3)14-19(20)21(29)28-12-10-27(11-13-28)17-6-4-16(5-7-17)22(23,24)25/h4-9,14-15,26H,10-13H2,1-3H3. The Labute approximate surface area is 191 Å². The lowest BCUT2D eigenvalue weighted by atomic mass is 10.1. The van der Waals surface area contributed by atoms with E-state index in [0.717, 1.165) is 12.1 Å². The summed E-state index contributed by atoms with van der Waals surface area (Å²) in [4.78, 5) is 16.7. The summed E-state index contributed by atoms with van der Waals surface area (Å²) in [7, 11) is -2.47. The van der Waals surface area contributed by atoms with Crippen molar-refractivity contribution in [3.63, 3.8) is 0 Å². The van der Waals surface area contributed by atoms with E-state index in [1.807, 2.05) is 4.90 Å². The molecule has 1 aliphatic heterocycles. The van der Waals surface area contributed by atoms with Crippen LogP contribution in [0.3, 0.4) is 0 Å². The number of rotatable bonds is 6. The Balaban J connectivity index is 1.77. The number of nitrogens with zero attached hydrogens (tertiary/aromatic N) is 2. The molecule has 0 spiro atoms. The van der Waals surface area contributed by atoms with E-state index >= 15 is 0 Å². The van der Waals surface area contributed by atoms with Gasteiger partial charge in [-0.25, -0.2) is 13.1 Å². The number of carbonyl (C=O) groups excluding carboxylic acids is 1. The molecule has 33 heavy (non-hydrogen) atoms.